The van der Waals surface area contributed by atoms with Crippen molar-refractivity contribution in [2.24, 2.45) is 5.41 Å². The maximum atomic E-state index is 14.3. The van der Waals surface area contributed by atoms with Crippen molar-refractivity contribution < 1.29 is 18.7 Å². The van der Waals surface area contributed by atoms with Gasteiger partial charge in [0, 0.05) is 36.3 Å². The minimum Gasteiger partial charge on any atom is -0.496 e. The summed E-state index contributed by atoms with van der Waals surface area (Å²) in [6.45, 7) is 3.31. The van der Waals surface area contributed by atoms with Crippen molar-refractivity contribution >= 4 is 11.6 Å². The smallest absolute Gasteiger partial charge is 0.252 e. The van der Waals surface area contributed by atoms with Crippen LogP contribution in [0.2, 0.25) is 0 Å². The van der Waals surface area contributed by atoms with Crippen LogP contribution < -0.4 is 9.64 Å². The largest absolute Gasteiger partial charge is 0.496 e. The molecule has 1 atom stereocenters. The summed E-state index contributed by atoms with van der Waals surface area (Å²) in [6.07, 6.45) is 0.903. The van der Waals surface area contributed by atoms with Crippen molar-refractivity contribution in [3.05, 3.63) is 59.9 Å². The van der Waals surface area contributed by atoms with Gasteiger partial charge in [-0.2, -0.15) is 0 Å². The zero-order valence-corrected chi connectivity index (χ0v) is 16.1. The van der Waals surface area contributed by atoms with Gasteiger partial charge in [-0.25, -0.2) is 4.39 Å². The van der Waals surface area contributed by atoms with Gasteiger partial charge in [-0.1, -0.05) is 24.3 Å². The topological polar surface area (TPSA) is 42.0 Å². The number of hydrogen-bond donors (Lipinski definition) is 0. The van der Waals surface area contributed by atoms with Gasteiger partial charge in [-0.05, 0) is 37.2 Å². The minimum absolute atomic E-state index is 0.0164. The second-order valence-electron chi connectivity index (χ2n) is 7.69. The molecule has 6 heteroatoms. The van der Waals surface area contributed by atoms with Gasteiger partial charge in [-0.3, -0.25) is 9.69 Å². The zero-order chi connectivity index (χ0) is 19.6. The first-order valence-corrected chi connectivity index (χ1v) is 9.57. The number of likely N-dealkylation sites (tertiary alicyclic amines) is 1. The average molecular weight is 384 g/mol. The van der Waals surface area contributed by atoms with Crippen LogP contribution in [0.3, 0.4) is 0 Å². The van der Waals surface area contributed by atoms with E-state index < -0.39 is 0 Å². The Balaban J connectivity index is 1.52. The Morgan fingerprint density at radius 3 is 2.75 bits per heavy atom. The molecule has 4 rings (SSSR count). The van der Waals surface area contributed by atoms with Crippen LogP contribution in [0.25, 0.3) is 0 Å². The Labute approximate surface area is 164 Å². The first-order valence-electron chi connectivity index (χ1n) is 9.57. The number of amides is 1. The molecule has 0 aromatic heterocycles. The Morgan fingerprint density at radius 2 is 1.96 bits per heavy atom. The molecule has 0 N–H and O–H groups in total. The van der Waals surface area contributed by atoms with Crippen LogP contribution in [-0.2, 0) is 16.1 Å². The van der Waals surface area contributed by atoms with Crippen molar-refractivity contribution in [1.82, 2.24) is 4.90 Å². The quantitative estimate of drug-likeness (QED) is 0.813. The molecule has 2 aromatic rings. The van der Waals surface area contributed by atoms with Crippen LogP contribution in [0.1, 0.15) is 12.0 Å². The van der Waals surface area contributed by atoms with Gasteiger partial charge in [0.25, 0.3) is 5.91 Å². The van der Waals surface area contributed by atoms with E-state index in [2.05, 4.69) is 4.90 Å². The highest BCUT2D eigenvalue weighted by Gasteiger charge is 2.43. The van der Waals surface area contributed by atoms with Crippen LogP contribution in [0, 0.1) is 11.2 Å². The summed E-state index contributed by atoms with van der Waals surface area (Å²) in [5.74, 6) is 0.301. The van der Waals surface area contributed by atoms with Crippen molar-refractivity contribution in [2.45, 2.75) is 13.0 Å². The maximum absolute atomic E-state index is 14.3. The van der Waals surface area contributed by atoms with E-state index in [0.717, 1.165) is 25.2 Å². The molecule has 5 nitrogen and oxygen atoms in total. The van der Waals surface area contributed by atoms with E-state index in [4.69, 9.17) is 9.47 Å². The number of benzene rings is 2. The molecule has 0 bridgehead atoms. The minimum atomic E-state index is -0.251. The number of halogens is 1. The van der Waals surface area contributed by atoms with Gasteiger partial charge in [0.2, 0.25) is 0 Å². The molecule has 2 aromatic carbocycles. The van der Waals surface area contributed by atoms with Gasteiger partial charge in [0.1, 0.15) is 18.2 Å². The highest BCUT2D eigenvalue weighted by atomic mass is 19.1. The molecule has 2 aliphatic heterocycles. The van der Waals surface area contributed by atoms with E-state index in [1.807, 2.05) is 35.2 Å². The molecule has 2 fully saturated rings. The molecule has 148 valence electrons. The van der Waals surface area contributed by atoms with Gasteiger partial charge < -0.3 is 14.4 Å². The van der Waals surface area contributed by atoms with Crippen LogP contribution in [0.5, 0.6) is 5.75 Å². The summed E-state index contributed by atoms with van der Waals surface area (Å²) >= 11 is 0. The number of nitrogens with zero attached hydrogens (tertiary/aromatic N) is 2. The third-order valence-electron chi connectivity index (χ3n) is 5.69. The van der Waals surface area contributed by atoms with Crippen molar-refractivity contribution in [3.63, 3.8) is 0 Å². The summed E-state index contributed by atoms with van der Waals surface area (Å²) < 4.78 is 25.4. The Hall–Kier alpha value is -2.44. The SMILES string of the molecule is COc1cccc(F)c1CN1CCC2(COCC(=O)N(c3ccccc3)C2)C1. The molecule has 1 spiro atoms. The number of rotatable bonds is 4. The standard InChI is InChI=1S/C22H25FN2O3/c1-27-20-9-5-8-19(23)18(20)12-24-11-10-22(14-24)15-25(21(26)13-28-16-22)17-6-3-2-4-7-17/h2-9H,10-16H2,1H3. The molecule has 28 heavy (non-hydrogen) atoms. The van der Waals surface area contributed by atoms with Crippen molar-refractivity contribution in [1.29, 1.82) is 0 Å². The second kappa shape index (κ2) is 7.89. The summed E-state index contributed by atoms with van der Waals surface area (Å²) in [5, 5.41) is 0. The lowest BCUT2D eigenvalue weighted by Crippen LogP contribution is -2.42. The zero-order valence-electron chi connectivity index (χ0n) is 16.1. The van der Waals surface area contributed by atoms with E-state index in [1.54, 1.807) is 19.2 Å². The molecule has 2 saturated heterocycles. The number of para-hydroxylation sites is 1. The predicted octanol–water partition coefficient (Wildman–Crippen LogP) is 3.09. The first-order chi connectivity index (χ1) is 13.6. The third kappa shape index (κ3) is 3.75. The molecule has 0 saturated carbocycles. The second-order valence-corrected chi connectivity index (χ2v) is 7.69. The number of carbonyl (C=O) groups is 1. The fourth-order valence-corrected chi connectivity index (χ4v) is 4.26. The molecule has 2 heterocycles. The van der Waals surface area contributed by atoms with Gasteiger partial charge in [0.15, 0.2) is 0 Å². The lowest BCUT2D eigenvalue weighted by atomic mass is 9.87. The monoisotopic (exact) mass is 384 g/mol. The molecule has 1 unspecified atom stereocenters. The maximum Gasteiger partial charge on any atom is 0.252 e. The van der Waals surface area contributed by atoms with Crippen molar-refractivity contribution in [3.8, 4) is 5.75 Å². The number of methoxy groups -OCH3 is 1. The number of carbonyl (C=O) groups excluding carboxylic acids is 1. The summed E-state index contributed by atoms with van der Waals surface area (Å²) in [5.41, 5.74) is 1.32. The van der Waals surface area contributed by atoms with E-state index in [0.29, 0.717) is 31.0 Å². The van der Waals surface area contributed by atoms with Crippen LogP contribution in [0.4, 0.5) is 10.1 Å². The number of hydrogen-bond acceptors (Lipinski definition) is 4. The van der Waals surface area contributed by atoms with E-state index in [9.17, 15) is 9.18 Å². The lowest BCUT2D eigenvalue weighted by molar-refractivity contribution is -0.122. The van der Waals surface area contributed by atoms with Crippen molar-refractivity contribution in [2.75, 3.05) is 44.9 Å². The molecular formula is C22H25FN2O3. The normalized spacial score (nSPS) is 23.2. The summed E-state index contributed by atoms with van der Waals surface area (Å²) in [7, 11) is 1.56. The highest BCUT2D eigenvalue weighted by molar-refractivity contribution is 5.94. The van der Waals surface area contributed by atoms with E-state index in [-0.39, 0.29) is 23.7 Å². The van der Waals surface area contributed by atoms with Crippen LogP contribution >= 0.6 is 0 Å². The molecule has 2 aliphatic rings. The number of ether oxygens (including phenoxy) is 2. The Bertz CT molecular complexity index is 845. The van der Waals surface area contributed by atoms with E-state index in [1.165, 1.54) is 6.07 Å². The van der Waals surface area contributed by atoms with Crippen LogP contribution in [-0.4, -0.2) is 50.8 Å². The average Bonchev–Trinajstić information content (AvgIpc) is 3.02. The molecule has 1 amide bonds. The van der Waals surface area contributed by atoms with Crippen LogP contribution in [0.15, 0.2) is 48.5 Å². The van der Waals surface area contributed by atoms with Gasteiger partial charge >= 0.3 is 0 Å². The molecule has 0 aliphatic carbocycles. The highest BCUT2D eigenvalue weighted by Crippen LogP contribution is 2.36. The lowest BCUT2D eigenvalue weighted by Gasteiger charge is -2.32. The van der Waals surface area contributed by atoms with E-state index >= 15 is 0 Å². The van der Waals surface area contributed by atoms with Gasteiger partial charge in [-0.15, -0.1) is 0 Å². The predicted molar refractivity (Wildman–Crippen MR) is 105 cm³/mol. The summed E-state index contributed by atoms with van der Waals surface area (Å²) in [4.78, 5) is 16.6. The molecular weight excluding hydrogens is 359 g/mol. The number of anilines is 1. The molecule has 0 radical (unpaired) electrons. The Kier molecular flexibility index (Phi) is 5.33. The fourth-order valence-electron chi connectivity index (χ4n) is 4.26. The Morgan fingerprint density at radius 1 is 1.14 bits per heavy atom. The fraction of sp³-hybridized carbons (Fsp3) is 0.409. The first kappa shape index (κ1) is 18.9. The van der Waals surface area contributed by atoms with Gasteiger partial charge in [0.05, 0.1) is 13.7 Å². The third-order valence-corrected chi connectivity index (χ3v) is 5.69. The summed E-state index contributed by atoms with van der Waals surface area (Å²) in [6, 6.07) is 14.6.